The predicted octanol–water partition coefficient (Wildman–Crippen LogP) is 2.40. The summed E-state index contributed by atoms with van der Waals surface area (Å²) in [5, 5.41) is 14.7. The molecule has 5 atom stereocenters. The molecule has 1 aromatic heterocycles. The van der Waals surface area contributed by atoms with E-state index < -0.39 is 37.9 Å². The van der Waals surface area contributed by atoms with Gasteiger partial charge in [-0.25, -0.2) is 14.4 Å². The Labute approximate surface area is 201 Å². The van der Waals surface area contributed by atoms with Gasteiger partial charge in [0.15, 0.2) is 0 Å². The first-order valence-corrected chi connectivity index (χ1v) is 12.6. The number of aliphatic hydroxyl groups is 1. The minimum atomic E-state index is -4.10. The maximum atomic E-state index is 13.7. The first-order chi connectivity index (χ1) is 16.6. The van der Waals surface area contributed by atoms with Crippen molar-refractivity contribution in [2.45, 2.75) is 44.7 Å². The highest BCUT2D eigenvalue weighted by molar-refractivity contribution is 7.52. The molecule has 1 aliphatic rings. The SMILES string of the molecule is CC(=O)[C@H](C)NP(=O)(OC[C@H]1O[C@@H](n2ccc(N)nc2=O)C[C@H]1O)Oc1cccc2ccccc12. The smallest absolute Gasteiger partial charge is 0.413 e. The summed E-state index contributed by atoms with van der Waals surface area (Å²) in [6.07, 6.45) is -1.22. The van der Waals surface area contributed by atoms with Gasteiger partial charge >= 0.3 is 13.4 Å². The summed E-state index contributed by atoms with van der Waals surface area (Å²) in [5.41, 5.74) is 4.90. The molecule has 0 amide bonds. The highest BCUT2D eigenvalue weighted by Crippen LogP contribution is 2.47. The third-order valence-corrected chi connectivity index (χ3v) is 7.33. The number of benzene rings is 2. The molecule has 186 valence electrons. The van der Waals surface area contributed by atoms with E-state index in [0.29, 0.717) is 11.1 Å². The number of aliphatic hydroxyl groups excluding tert-OH is 1. The molecule has 1 aliphatic heterocycles. The zero-order valence-corrected chi connectivity index (χ0v) is 20.1. The average Bonchev–Trinajstić information content (AvgIpc) is 3.18. The first kappa shape index (κ1) is 25.0. The van der Waals surface area contributed by atoms with E-state index >= 15 is 0 Å². The monoisotopic (exact) mass is 502 g/mol. The fraction of sp³-hybridized carbons (Fsp3) is 0.348. The number of rotatable bonds is 9. The van der Waals surface area contributed by atoms with E-state index in [1.54, 1.807) is 19.1 Å². The number of nitrogens with zero attached hydrogens (tertiary/aromatic N) is 2. The summed E-state index contributed by atoms with van der Waals surface area (Å²) in [4.78, 5) is 27.6. The number of nitrogens with one attached hydrogen (secondary N) is 1. The third-order valence-electron chi connectivity index (χ3n) is 5.70. The van der Waals surface area contributed by atoms with E-state index in [2.05, 4.69) is 10.1 Å². The molecule has 3 aromatic rings. The molecule has 35 heavy (non-hydrogen) atoms. The topological polar surface area (TPSA) is 155 Å². The van der Waals surface area contributed by atoms with Crippen LogP contribution in [0.15, 0.2) is 59.5 Å². The van der Waals surface area contributed by atoms with Crippen LogP contribution in [0.2, 0.25) is 0 Å². The Kier molecular flexibility index (Phi) is 7.34. The number of nitrogen functional groups attached to an aromatic ring is 1. The maximum absolute atomic E-state index is 13.7. The van der Waals surface area contributed by atoms with Crippen LogP contribution in [0.1, 0.15) is 26.5 Å². The summed E-state index contributed by atoms with van der Waals surface area (Å²) < 4.78 is 32.2. The molecule has 2 heterocycles. The van der Waals surface area contributed by atoms with Crippen molar-refractivity contribution in [3.63, 3.8) is 0 Å². The Balaban J connectivity index is 1.53. The fourth-order valence-corrected chi connectivity index (χ4v) is 5.27. The van der Waals surface area contributed by atoms with Crippen molar-refractivity contribution in [2.75, 3.05) is 12.3 Å². The molecule has 12 heteroatoms. The van der Waals surface area contributed by atoms with Gasteiger partial charge in [0.1, 0.15) is 29.7 Å². The molecular formula is C23H27N4O7P. The van der Waals surface area contributed by atoms with Gasteiger partial charge in [0, 0.05) is 18.0 Å². The molecule has 0 radical (unpaired) electrons. The summed E-state index contributed by atoms with van der Waals surface area (Å²) in [6.45, 7) is 2.57. The fourth-order valence-electron chi connectivity index (χ4n) is 3.68. The minimum Gasteiger partial charge on any atom is -0.413 e. The molecule has 0 bridgehead atoms. The number of nitrogens with two attached hydrogens (primary N) is 1. The summed E-state index contributed by atoms with van der Waals surface area (Å²) in [5.74, 6) is 0.115. The van der Waals surface area contributed by atoms with Crippen molar-refractivity contribution in [2.24, 2.45) is 0 Å². The van der Waals surface area contributed by atoms with Crippen molar-refractivity contribution < 1.29 is 28.3 Å². The quantitative estimate of drug-likeness (QED) is 0.372. The number of hydrogen-bond acceptors (Lipinski definition) is 9. The molecule has 0 aliphatic carbocycles. The Bertz CT molecular complexity index is 1330. The van der Waals surface area contributed by atoms with Gasteiger partial charge in [-0.2, -0.15) is 4.98 Å². The third kappa shape index (κ3) is 5.77. The van der Waals surface area contributed by atoms with Crippen molar-refractivity contribution in [1.82, 2.24) is 14.6 Å². The van der Waals surface area contributed by atoms with Crippen molar-refractivity contribution in [3.05, 3.63) is 65.2 Å². The van der Waals surface area contributed by atoms with Gasteiger partial charge in [-0.05, 0) is 31.4 Å². The molecule has 11 nitrogen and oxygen atoms in total. The number of fused-ring (bicyclic) bond motifs is 1. The van der Waals surface area contributed by atoms with Crippen LogP contribution in [0, 0.1) is 0 Å². The number of carbonyl (C=O) groups is 1. The van der Waals surface area contributed by atoms with Crippen molar-refractivity contribution >= 4 is 30.1 Å². The Morgan fingerprint density at radius 2 is 2.06 bits per heavy atom. The highest BCUT2D eigenvalue weighted by atomic mass is 31.2. The molecule has 1 saturated heterocycles. The number of hydrogen-bond donors (Lipinski definition) is 3. The Morgan fingerprint density at radius 1 is 1.31 bits per heavy atom. The van der Waals surface area contributed by atoms with Gasteiger partial charge in [-0.3, -0.25) is 13.9 Å². The van der Waals surface area contributed by atoms with E-state index in [0.717, 1.165) is 5.39 Å². The van der Waals surface area contributed by atoms with Crippen LogP contribution < -0.4 is 21.0 Å². The second-order valence-electron chi connectivity index (χ2n) is 8.30. The van der Waals surface area contributed by atoms with Crippen LogP contribution in [0.5, 0.6) is 5.75 Å². The maximum Gasteiger partial charge on any atom is 0.459 e. The highest BCUT2D eigenvalue weighted by Gasteiger charge is 2.39. The molecule has 0 saturated carbocycles. The largest absolute Gasteiger partial charge is 0.459 e. The van der Waals surface area contributed by atoms with Crippen LogP contribution in [0.3, 0.4) is 0 Å². The van der Waals surface area contributed by atoms with Crippen LogP contribution in [-0.2, 0) is 18.6 Å². The van der Waals surface area contributed by atoms with Gasteiger partial charge in [0.2, 0.25) is 0 Å². The van der Waals surface area contributed by atoms with E-state index in [4.69, 9.17) is 19.5 Å². The number of aromatic nitrogens is 2. The standard InChI is InChI=1S/C23H27N4O7P/c1-14(15(2)28)26-35(31,34-19-9-5-7-16-6-3-4-8-17(16)19)32-13-20-18(29)12-22(33-20)27-11-10-21(24)25-23(27)30/h3-11,14,18,20,22,29H,12-13H2,1-2H3,(H,26,31)(H2,24,25,30)/t14-,18+,20+,22+,35?/m0/s1. The zero-order valence-electron chi connectivity index (χ0n) is 19.2. The lowest BCUT2D eigenvalue weighted by Crippen LogP contribution is -2.34. The Hall–Kier alpha value is -3.08. The van der Waals surface area contributed by atoms with Crippen LogP contribution in [0.4, 0.5) is 5.82 Å². The lowest BCUT2D eigenvalue weighted by atomic mass is 10.1. The van der Waals surface area contributed by atoms with Crippen molar-refractivity contribution in [1.29, 1.82) is 0 Å². The molecule has 1 unspecified atom stereocenters. The number of Topliss-reactive ketones (excluding diaryl/α,β-unsaturated/α-hetero) is 1. The van der Waals surface area contributed by atoms with Crippen LogP contribution in [-0.4, -0.2) is 45.3 Å². The minimum absolute atomic E-state index is 0.0712. The zero-order chi connectivity index (χ0) is 25.2. The molecule has 1 fully saturated rings. The van der Waals surface area contributed by atoms with E-state index in [1.165, 1.54) is 23.8 Å². The predicted molar refractivity (Wildman–Crippen MR) is 129 cm³/mol. The second kappa shape index (κ2) is 10.3. The van der Waals surface area contributed by atoms with Gasteiger partial charge in [-0.15, -0.1) is 0 Å². The number of ketones is 1. The van der Waals surface area contributed by atoms with Gasteiger partial charge < -0.3 is 20.1 Å². The normalized spacial score (nSPS) is 22.5. The van der Waals surface area contributed by atoms with Gasteiger partial charge in [0.05, 0.1) is 18.8 Å². The first-order valence-electron chi connectivity index (χ1n) is 11.0. The van der Waals surface area contributed by atoms with E-state index in [-0.39, 0.29) is 24.6 Å². The summed E-state index contributed by atoms with van der Waals surface area (Å²) >= 11 is 0. The molecule has 4 rings (SSSR count). The average molecular weight is 502 g/mol. The molecule has 0 spiro atoms. The van der Waals surface area contributed by atoms with Gasteiger partial charge in [0.25, 0.3) is 0 Å². The summed E-state index contributed by atoms with van der Waals surface area (Å²) in [7, 11) is -4.10. The van der Waals surface area contributed by atoms with E-state index in [9.17, 15) is 19.3 Å². The number of ether oxygens (including phenoxy) is 1. The van der Waals surface area contributed by atoms with Crippen LogP contribution in [0.25, 0.3) is 10.8 Å². The Morgan fingerprint density at radius 3 is 2.80 bits per heavy atom. The van der Waals surface area contributed by atoms with Crippen LogP contribution >= 0.6 is 7.75 Å². The molecule has 2 aromatic carbocycles. The van der Waals surface area contributed by atoms with Crippen molar-refractivity contribution in [3.8, 4) is 5.75 Å². The number of carbonyl (C=O) groups excluding carboxylic acids is 1. The molecular weight excluding hydrogens is 475 g/mol. The van der Waals surface area contributed by atoms with E-state index in [1.807, 2.05) is 30.3 Å². The molecule has 4 N–H and O–H groups in total. The number of anilines is 1. The summed E-state index contributed by atoms with van der Waals surface area (Å²) in [6, 6.07) is 13.3. The lowest BCUT2D eigenvalue weighted by molar-refractivity contribution is -0.118. The van der Waals surface area contributed by atoms with Gasteiger partial charge in [-0.1, -0.05) is 36.4 Å². The lowest BCUT2D eigenvalue weighted by Gasteiger charge is -2.25. The second-order valence-corrected chi connectivity index (χ2v) is 9.99.